The van der Waals surface area contributed by atoms with Crippen molar-refractivity contribution < 1.29 is 9.90 Å². The number of phenols is 1. The maximum Gasteiger partial charge on any atom is 0.253 e. The zero-order valence-electron chi connectivity index (χ0n) is 11.0. The van der Waals surface area contributed by atoms with E-state index >= 15 is 0 Å². The topological polar surface area (TPSA) is 66.6 Å². The van der Waals surface area contributed by atoms with E-state index in [1.165, 1.54) is 12.1 Å². The fraction of sp³-hybridized carbons (Fsp3) is 0.500. The van der Waals surface area contributed by atoms with Crippen LogP contribution in [-0.2, 0) is 0 Å². The molecule has 1 fully saturated rings. The summed E-state index contributed by atoms with van der Waals surface area (Å²) in [5.74, 6) is -0.0770. The Morgan fingerprint density at radius 3 is 2.58 bits per heavy atom. The molecule has 0 saturated heterocycles. The molecular formula is C14H19ClN2O2. The SMILES string of the molecule is CN(C(=O)c1ccc(O)c(Cl)c1)C1CCC(N)CC1. The average molecular weight is 283 g/mol. The molecule has 2 rings (SSSR count). The van der Waals surface area contributed by atoms with E-state index in [-0.39, 0.29) is 28.8 Å². The van der Waals surface area contributed by atoms with Crippen LogP contribution < -0.4 is 5.73 Å². The van der Waals surface area contributed by atoms with Crippen molar-refractivity contribution in [1.29, 1.82) is 0 Å². The minimum Gasteiger partial charge on any atom is -0.506 e. The molecule has 0 atom stereocenters. The third-order valence-electron chi connectivity index (χ3n) is 3.80. The van der Waals surface area contributed by atoms with Crippen molar-refractivity contribution in [2.45, 2.75) is 37.8 Å². The molecule has 0 aliphatic heterocycles. The van der Waals surface area contributed by atoms with Crippen LogP contribution in [0.4, 0.5) is 0 Å². The highest BCUT2D eigenvalue weighted by Crippen LogP contribution is 2.26. The molecule has 3 N–H and O–H groups in total. The summed E-state index contributed by atoms with van der Waals surface area (Å²) >= 11 is 5.83. The number of hydrogen-bond acceptors (Lipinski definition) is 3. The van der Waals surface area contributed by atoms with Crippen LogP contribution in [0, 0.1) is 0 Å². The van der Waals surface area contributed by atoms with Gasteiger partial charge in [-0.15, -0.1) is 0 Å². The molecule has 1 aliphatic rings. The third-order valence-corrected chi connectivity index (χ3v) is 4.11. The van der Waals surface area contributed by atoms with E-state index in [0.717, 1.165) is 25.7 Å². The van der Waals surface area contributed by atoms with Gasteiger partial charge < -0.3 is 15.7 Å². The van der Waals surface area contributed by atoms with Gasteiger partial charge in [0.2, 0.25) is 0 Å². The molecule has 0 heterocycles. The summed E-state index contributed by atoms with van der Waals surface area (Å²) in [7, 11) is 1.81. The van der Waals surface area contributed by atoms with Gasteiger partial charge in [-0.1, -0.05) is 11.6 Å². The number of phenolic OH excluding ortho intramolecular Hbond substituents is 1. The maximum atomic E-state index is 12.3. The van der Waals surface area contributed by atoms with Gasteiger partial charge in [-0.05, 0) is 43.9 Å². The predicted molar refractivity (Wildman–Crippen MR) is 75.4 cm³/mol. The molecule has 1 aromatic rings. The minimum atomic E-state index is -0.0672. The highest BCUT2D eigenvalue weighted by Gasteiger charge is 2.25. The Balaban J connectivity index is 2.08. The number of hydrogen-bond donors (Lipinski definition) is 2. The van der Waals surface area contributed by atoms with Gasteiger partial charge in [0.15, 0.2) is 0 Å². The molecule has 0 aromatic heterocycles. The summed E-state index contributed by atoms with van der Waals surface area (Å²) in [5.41, 5.74) is 6.37. The van der Waals surface area contributed by atoms with E-state index in [1.54, 1.807) is 11.0 Å². The molecule has 0 spiro atoms. The molecule has 0 bridgehead atoms. The Morgan fingerprint density at radius 2 is 2.00 bits per heavy atom. The van der Waals surface area contributed by atoms with Gasteiger partial charge in [-0.25, -0.2) is 0 Å². The zero-order valence-corrected chi connectivity index (χ0v) is 11.7. The molecule has 5 heteroatoms. The normalized spacial score (nSPS) is 23.1. The second kappa shape index (κ2) is 5.80. The van der Waals surface area contributed by atoms with Crippen LogP contribution in [0.1, 0.15) is 36.0 Å². The van der Waals surface area contributed by atoms with Crippen molar-refractivity contribution in [2.24, 2.45) is 5.73 Å². The number of carbonyl (C=O) groups is 1. The van der Waals surface area contributed by atoms with Crippen LogP contribution in [0.15, 0.2) is 18.2 Å². The third kappa shape index (κ3) is 3.19. The summed E-state index contributed by atoms with van der Waals surface area (Å²) in [6, 6.07) is 5.04. The molecule has 4 nitrogen and oxygen atoms in total. The number of amides is 1. The number of benzene rings is 1. The summed E-state index contributed by atoms with van der Waals surface area (Å²) in [6.07, 6.45) is 3.79. The highest BCUT2D eigenvalue weighted by molar-refractivity contribution is 6.32. The lowest BCUT2D eigenvalue weighted by molar-refractivity contribution is 0.0690. The second-order valence-electron chi connectivity index (χ2n) is 5.15. The quantitative estimate of drug-likeness (QED) is 0.875. The van der Waals surface area contributed by atoms with Crippen molar-refractivity contribution in [3.05, 3.63) is 28.8 Å². The van der Waals surface area contributed by atoms with Gasteiger partial charge in [0.25, 0.3) is 5.91 Å². The van der Waals surface area contributed by atoms with Crippen LogP contribution in [0.3, 0.4) is 0 Å². The lowest BCUT2D eigenvalue weighted by Gasteiger charge is -2.33. The number of halogens is 1. The molecule has 1 aliphatic carbocycles. The lowest BCUT2D eigenvalue weighted by atomic mass is 9.90. The van der Waals surface area contributed by atoms with E-state index in [2.05, 4.69) is 0 Å². The minimum absolute atomic E-state index is 0.00971. The molecule has 1 saturated carbocycles. The number of aromatic hydroxyl groups is 1. The van der Waals surface area contributed by atoms with E-state index in [0.29, 0.717) is 5.56 Å². The molecule has 19 heavy (non-hydrogen) atoms. The summed E-state index contributed by atoms with van der Waals surface area (Å²) in [4.78, 5) is 14.1. The summed E-state index contributed by atoms with van der Waals surface area (Å²) < 4.78 is 0. The van der Waals surface area contributed by atoms with Crippen LogP contribution in [0.2, 0.25) is 5.02 Å². The first-order valence-corrected chi connectivity index (χ1v) is 6.88. The van der Waals surface area contributed by atoms with E-state index in [4.69, 9.17) is 17.3 Å². The van der Waals surface area contributed by atoms with Crippen LogP contribution in [0.25, 0.3) is 0 Å². The van der Waals surface area contributed by atoms with Crippen molar-refractivity contribution >= 4 is 17.5 Å². The zero-order chi connectivity index (χ0) is 14.0. The van der Waals surface area contributed by atoms with E-state index in [9.17, 15) is 9.90 Å². The smallest absolute Gasteiger partial charge is 0.253 e. The Labute approximate surface area is 118 Å². The molecule has 104 valence electrons. The van der Waals surface area contributed by atoms with Crippen molar-refractivity contribution in [2.75, 3.05) is 7.05 Å². The van der Waals surface area contributed by atoms with Crippen molar-refractivity contribution in [1.82, 2.24) is 4.90 Å². The van der Waals surface area contributed by atoms with Gasteiger partial charge in [0.1, 0.15) is 5.75 Å². The molecule has 1 aromatic carbocycles. The lowest BCUT2D eigenvalue weighted by Crippen LogP contribution is -2.41. The van der Waals surface area contributed by atoms with Crippen LogP contribution in [0.5, 0.6) is 5.75 Å². The first-order chi connectivity index (χ1) is 8.99. The Bertz CT molecular complexity index is 471. The van der Waals surface area contributed by atoms with Gasteiger partial charge in [-0.3, -0.25) is 4.79 Å². The van der Waals surface area contributed by atoms with Crippen LogP contribution >= 0.6 is 11.6 Å². The maximum absolute atomic E-state index is 12.3. The summed E-state index contributed by atoms with van der Waals surface area (Å²) in [6.45, 7) is 0. The van der Waals surface area contributed by atoms with E-state index < -0.39 is 0 Å². The van der Waals surface area contributed by atoms with Crippen LogP contribution in [-0.4, -0.2) is 35.0 Å². The van der Waals surface area contributed by atoms with Crippen molar-refractivity contribution in [3.63, 3.8) is 0 Å². The largest absolute Gasteiger partial charge is 0.506 e. The van der Waals surface area contributed by atoms with Gasteiger partial charge in [0, 0.05) is 24.7 Å². The molecule has 1 amide bonds. The molecule has 0 unspecified atom stereocenters. The number of nitrogens with zero attached hydrogens (tertiary/aromatic N) is 1. The first-order valence-electron chi connectivity index (χ1n) is 6.50. The van der Waals surface area contributed by atoms with Crippen molar-refractivity contribution in [3.8, 4) is 5.75 Å². The number of rotatable bonds is 2. The summed E-state index contributed by atoms with van der Waals surface area (Å²) in [5, 5.41) is 9.57. The van der Waals surface area contributed by atoms with Gasteiger partial charge in [0.05, 0.1) is 5.02 Å². The fourth-order valence-electron chi connectivity index (χ4n) is 2.50. The Kier molecular flexibility index (Phi) is 4.32. The number of carbonyl (C=O) groups excluding carboxylic acids is 1. The highest BCUT2D eigenvalue weighted by atomic mass is 35.5. The van der Waals surface area contributed by atoms with Gasteiger partial charge in [-0.2, -0.15) is 0 Å². The first kappa shape index (κ1) is 14.2. The Morgan fingerprint density at radius 1 is 1.37 bits per heavy atom. The number of nitrogens with two attached hydrogens (primary N) is 1. The standard InChI is InChI=1S/C14H19ClN2O2/c1-17(11-5-3-10(16)4-6-11)14(19)9-2-7-13(18)12(15)8-9/h2,7-8,10-11,18H,3-6,16H2,1H3. The second-order valence-corrected chi connectivity index (χ2v) is 5.56. The van der Waals surface area contributed by atoms with E-state index in [1.807, 2.05) is 7.05 Å². The molecular weight excluding hydrogens is 264 g/mol. The van der Waals surface area contributed by atoms with Gasteiger partial charge >= 0.3 is 0 Å². The Hall–Kier alpha value is -1.26. The average Bonchev–Trinajstić information content (AvgIpc) is 2.41. The molecule has 0 radical (unpaired) electrons. The predicted octanol–water partition coefficient (Wildman–Crippen LogP) is 2.39. The fourth-order valence-corrected chi connectivity index (χ4v) is 2.68. The monoisotopic (exact) mass is 282 g/mol.